The molecule has 96 valence electrons. The van der Waals surface area contributed by atoms with Crippen molar-refractivity contribution in [2.45, 2.75) is 21.7 Å². The monoisotopic (exact) mass is 386 g/mol. The molecule has 2 nitrogen and oxygen atoms in total. The van der Waals surface area contributed by atoms with E-state index in [0.29, 0.717) is 19.8 Å². The summed E-state index contributed by atoms with van der Waals surface area (Å²) in [6.07, 6.45) is 0. The second-order valence-corrected chi connectivity index (χ2v) is 7.53. The molecule has 0 spiro atoms. The molecule has 1 unspecified atom stereocenters. The first-order valence-corrected chi connectivity index (χ1v) is 7.72. The maximum Gasteiger partial charge on any atom is 0.192 e. The molecule has 0 amide bonds. The lowest BCUT2D eigenvalue weighted by molar-refractivity contribution is 0.0297. The van der Waals surface area contributed by atoms with Gasteiger partial charge in [0.05, 0.1) is 6.61 Å². The normalized spacial score (nSPS) is 14.6. The van der Waals surface area contributed by atoms with Crippen LogP contribution in [0.5, 0.6) is 0 Å². The third-order valence-electron chi connectivity index (χ3n) is 1.92. The molecule has 0 aromatic heterocycles. The maximum absolute atomic E-state index is 5.86. The van der Waals surface area contributed by atoms with Crippen molar-refractivity contribution in [2.24, 2.45) is 0 Å². The average molecular weight is 387 g/mol. The Bertz CT molecular complexity index is 334. The van der Waals surface area contributed by atoms with Crippen LogP contribution in [-0.2, 0) is 9.47 Å². The fraction of sp³-hybridized carbons (Fsp3) is 0.500. The van der Waals surface area contributed by atoms with E-state index in [-0.39, 0.29) is 2.94 Å². The van der Waals surface area contributed by atoms with Gasteiger partial charge in [-0.3, -0.25) is 0 Å². The topological polar surface area (TPSA) is 18.5 Å². The summed E-state index contributed by atoms with van der Waals surface area (Å²) < 4.78 is 10.8. The van der Waals surface area contributed by atoms with Crippen LogP contribution >= 0.6 is 46.0 Å². The minimum Gasteiger partial charge on any atom is -0.377 e. The number of benzene rings is 1. The number of halogens is 2. The SMILES string of the molecule is CCOCC(I)(OCC)Sc1ccc(Cl)cc1. The molecule has 0 heterocycles. The van der Waals surface area contributed by atoms with Gasteiger partial charge in [0.25, 0.3) is 0 Å². The summed E-state index contributed by atoms with van der Waals surface area (Å²) in [5, 5.41) is 0.745. The van der Waals surface area contributed by atoms with Gasteiger partial charge in [-0.1, -0.05) is 23.4 Å². The molecule has 0 radical (unpaired) electrons. The van der Waals surface area contributed by atoms with E-state index in [2.05, 4.69) is 22.6 Å². The number of hydrogen-bond donors (Lipinski definition) is 0. The predicted octanol–water partition coefficient (Wildman–Crippen LogP) is 4.59. The first kappa shape index (κ1) is 15.6. The van der Waals surface area contributed by atoms with E-state index in [0.717, 1.165) is 9.92 Å². The lowest BCUT2D eigenvalue weighted by Gasteiger charge is -2.26. The van der Waals surface area contributed by atoms with Crippen LogP contribution in [-0.4, -0.2) is 22.8 Å². The van der Waals surface area contributed by atoms with Crippen molar-refractivity contribution in [1.29, 1.82) is 0 Å². The fourth-order valence-corrected chi connectivity index (χ4v) is 3.58. The summed E-state index contributed by atoms with van der Waals surface area (Å²) in [6, 6.07) is 7.75. The quantitative estimate of drug-likeness (QED) is 0.295. The van der Waals surface area contributed by atoms with Crippen LogP contribution in [0.2, 0.25) is 5.02 Å². The van der Waals surface area contributed by atoms with Gasteiger partial charge in [0.1, 0.15) is 0 Å². The van der Waals surface area contributed by atoms with Crippen molar-refractivity contribution in [3.05, 3.63) is 29.3 Å². The molecule has 0 bridgehead atoms. The third kappa shape index (κ3) is 5.79. The minimum atomic E-state index is -0.379. The van der Waals surface area contributed by atoms with E-state index >= 15 is 0 Å². The van der Waals surface area contributed by atoms with Gasteiger partial charge in [-0.05, 0) is 60.7 Å². The van der Waals surface area contributed by atoms with Crippen LogP contribution in [0.25, 0.3) is 0 Å². The Kier molecular flexibility index (Phi) is 7.18. The summed E-state index contributed by atoms with van der Waals surface area (Å²) in [6.45, 7) is 5.89. The van der Waals surface area contributed by atoms with Gasteiger partial charge in [-0.2, -0.15) is 0 Å². The summed E-state index contributed by atoms with van der Waals surface area (Å²) in [4.78, 5) is 1.12. The van der Waals surface area contributed by atoms with Gasteiger partial charge < -0.3 is 9.47 Å². The number of thioether (sulfide) groups is 1. The summed E-state index contributed by atoms with van der Waals surface area (Å²) in [7, 11) is 0. The van der Waals surface area contributed by atoms with Crippen LogP contribution < -0.4 is 0 Å². The smallest absolute Gasteiger partial charge is 0.192 e. The molecule has 0 aliphatic carbocycles. The van der Waals surface area contributed by atoms with E-state index in [4.69, 9.17) is 21.1 Å². The molecule has 0 aliphatic heterocycles. The van der Waals surface area contributed by atoms with Crippen molar-refractivity contribution in [2.75, 3.05) is 19.8 Å². The van der Waals surface area contributed by atoms with Gasteiger partial charge in [0.15, 0.2) is 2.94 Å². The van der Waals surface area contributed by atoms with E-state index in [1.54, 1.807) is 11.8 Å². The number of ether oxygens (including phenoxy) is 2. The van der Waals surface area contributed by atoms with Gasteiger partial charge in [0, 0.05) is 23.1 Å². The van der Waals surface area contributed by atoms with Crippen molar-refractivity contribution >= 4 is 46.0 Å². The zero-order valence-electron chi connectivity index (χ0n) is 9.91. The largest absolute Gasteiger partial charge is 0.377 e. The predicted molar refractivity (Wildman–Crippen MR) is 82.2 cm³/mol. The Labute approximate surface area is 126 Å². The van der Waals surface area contributed by atoms with Crippen LogP contribution in [0, 0.1) is 0 Å². The first-order valence-electron chi connectivity index (χ1n) is 5.45. The van der Waals surface area contributed by atoms with E-state index in [1.807, 2.05) is 38.1 Å². The first-order chi connectivity index (χ1) is 8.09. The average Bonchev–Trinajstić information content (AvgIpc) is 2.30. The Morgan fingerprint density at radius 1 is 1.24 bits per heavy atom. The Morgan fingerprint density at radius 3 is 2.41 bits per heavy atom. The highest BCUT2D eigenvalue weighted by molar-refractivity contribution is 14.1. The zero-order chi connectivity index (χ0) is 12.7. The lowest BCUT2D eigenvalue weighted by Crippen LogP contribution is -2.27. The molecule has 1 rings (SSSR count). The molecular formula is C12H16ClIO2S. The van der Waals surface area contributed by atoms with Crippen molar-refractivity contribution in [1.82, 2.24) is 0 Å². The maximum atomic E-state index is 5.86. The molecule has 1 aromatic rings. The highest BCUT2D eigenvalue weighted by Gasteiger charge is 2.28. The van der Waals surface area contributed by atoms with Crippen molar-refractivity contribution < 1.29 is 9.47 Å². The minimum absolute atomic E-state index is 0.379. The standard InChI is InChI=1S/C12H16ClIO2S/c1-3-15-9-12(14,16-4-2)17-11-7-5-10(13)6-8-11/h5-8H,3-4,9H2,1-2H3. The molecule has 1 atom stereocenters. The van der Waals surface area contributed by atoms with Gasteiger partial charge >= 0.3 is 0 Å². The Morgan fingerprint density at radius 2 is 1.88 bits per heavy atom. The molecule has 0 saturated heterocycles. The number of alkyl halides is 1. The lowest BCUT2D eigenvalue weighted by atomic mass is 10.4. The van der Waals surface area contributed by atoms with E-state index in [9.17, 15) is 0 Å². The molecule has 5 heteroatoms. The summed E-state index contributed by atoms with van der Waals surface area (Å²) in [5.41, 5.74) is 0. The van der Waals surface area contributed by atoms with Crippen LogP contribution in [0.15, 0.2) is 29.2 Å². The zero-order valence-corrected chi connectivity index (χ0v) is 13.6. The van der Waals surface area contributed by atoms with E-state index < -0.39 is 0 Å². The second kappa shape index (κ2) is 7.84. The molecule has 17 heavy (non-hydrogen) atoms. The third-order valence-corrected chi connectivity index (χ3v) is 4.51. The van der Waals surface area contributed by atoms with Crippen molar-refractivity contribution in [3.8, 4) is 0 Å². The van der Waals surface area contributed by atoms with E-state index in [1.165, 1.54) is 0 Å². The Balaban J connectivity index is 2.67. The van der Waals surface area contributed by atoms with Gasteiger partial charge in [0.2, 0.25) is 0 Å². The van der Waals surface area contributed by atoms with Crippen molar-refractivity contribution in [3.63, 3.8) is 0 Å². The van der Waals surface area contributed by atoms with Gasteiger partial charge in [-0.15, -0.1) is 0 Å². The second-order valence-electron chi connectivity index (χ2n) is 3.29. The van der Waals surface area contributed by atoms with Crippen LogP contribution in [0.4, 0.5) is 0 Å². The molecule has 1 aromatic carbocycles. The number of hydrogen-bond acceptors (Lipinski definition) is 3. The summed E-state index contributed by atoms with van der Waals surface area (Å²) in [5.74, 6) is 0. The molecule has 0 fully saturated rings. The molecule has 0 saturated carbocycles. The highest BCUT2D eigenvalue weighted by Crippen LogP contribution is 2.40. The Hall–Kier alpha value is 0.510. The fourth-order valence-electron chi connectivity index (χ4n) is 1.22. The molecular weight excluding hydrogens is 371 g/mol. The highest BCUT2D eigenvalue weighted by atomic mass is 127. The summed E-state index contributed by atoms with van der Waals surface area (Å²) >= 11 is 9.80. The molecule has 0 aliphatic rings. The van der Waals surface area contributed by atoms with Crippen LogP contribution in [0.1, 0.15) is 13.8 Å². The molecule has 0 N–H and O–H groups in total. The van der Waals surface area contributed by atoms with Gasteiger partial charge in [-0.25, -0.2) is 0 Å². The van der Waals surface area contributed by atoms with Crippen LogP contribution in [0.3, 0.4) is 0 Å². The number of rotatable bonds is 7.